The molecule has 2 heterocycles. The summed E-state index contributed by atoms with van der Waals surface area (Å²) in [5, 5.41) is 14.9. The average Bonchev–Trinajstić information content (AvgIpc) is 3.20. The Balaban J connectivity index is 1.37. The van der Waals surface area contributed by atoms with Gasteiger partial charge in [-0.05, 0) is 31.0 Å². The summed E-state index contributed by atoms with van der Waals surface area (Å²) in [5.41, 5.74) is 1.07. The van der Waals surface area contributed by atoms with E-state index in [1.165, 1.54) is 12.8 Å². The summed E-state index contributed by atoms with van der Waals surface area (Å²) in [6.07, 6.45) is 4.19. The number of aromatic nitrogens is 2. The Bertz CT molecular complexity index is 784. The Morgan fingerprint density at radius 2 is 2.00 bits per heavy atom. The quantitative estimate of drug-likeness (QED) is 0.652. The Kier molecular flexibility index (Phi) is 6.95. The number of hydrogen-bond acceptors (Lipinski definition) is 6. The second-order valence-corrected chi connectivity index (χ2v) is 6.98. The molecule has 27 heavy (non-hydrogen) atoms. The molecule has 2 N–H and O–H groups in total. The number of anilines is 2. The van der Waals surface area contributed by atoms with E-state index < -0.39 is 0 Å². The Morgan fingerprint density at radius 3 is 2.78 bits per heavy atom. The van der Waals surface area contributed by atoms with Crippen molar-refractivity contribution >= 4 is 40.6 Å². The molecule has 0 radical (unpaired) electrons. The van der Waals surface area contributed by atoms with Gasteiger partial charge in [0.2, 0.25) is 0 Å². The molecule has 9 heteroatoms. The van der Waals surface area contributed by atoms with Gasteiger partial charge in [-0.3, -0.25) is 4.79 Å². The van der Waals surface area contributed by atoms with Crippen LogP contribution in [0.25, 0.3) is 0 Å². The highest BCUT2D eigenvalue weighted by molar-refractivity contribution is 6.35. The maximum atomic E-state index is 11.9. The lowest BCUT2D eigenvalue weighted by Gasteiger charge is -2.17. The molecular weight excluding hydrogens is 389 g/mol. The van der Waals surface area contributed by atoms with Crippen molar-refractivity contribution in [2.24, 2.45) is 0 Å². The van der Waals surface area contributed by atoms with Crippen LogP contribution in [0.3, 0.4) is 0 Å². The van der Waals surface area contributed by atoms with Gasteiger partial charge in [-0.1, -0.05) is 23.2 Å². The van der Waals surface area contributed by atoms with Crippen LogP contribution in [0.2, 0.25) is 10.0 Å². The summed E-state index contributed by atoms with van der Waals surface area (Å²) >= 11 is 11.8. The molecule has 0 spiro atoms. The fourth-order valence-electron chi connectivity index (χ4n) is 2.77. The van der Waals surface area contributed by atoms with Crippen LogP contribution < -0.4 is 20.3 Å². The summed E-state index contributed by atoms with van der Waals surface area (Å²) in [7, 11) is 0. The molecule has 3 rings (SSSR count). The third kappa shape index (κ3) is 5.87. The number of rotatable bonds is 8. The lowest BCUT2D eigenvalue weighted by molar-refractivity contribution is -0.123. The first-order valence-corrected chi connectivity index (χ1v) is 9.53. The number of nitrogens with one attached hydrogen (secondary N) is 2. The fourth-order valence-corrected chi connectivity index (χ4v) is 3.23. The van der Waals surface area contributed by atoms with Gasteiger partial charge >= 0.3 is 0 Å². The zero-order valence-electron chi connectivity index (χ0n) is 14.8. The average molecular weight is 410 g/mol. The van der Waals surface area contributed by atoms with Gasteiger partial charge in [-0.15, -0.1) is 5.10 Å². The van der Waals surface area contributed by atoms with Crippen molar-refractivity contribution in [2.75, 3.05) is 43.0 Å². The van der Waals surface area contributed by atoms with Gasteiger partial charge in [-0.2, -0.15) is 5.10 Å². The highest BCUT2D eigenvalue weighted by Crippen LogP contribution is 2.27. The SMILES string of the molecule is O=C(COc1ccc(Cl)cc1Cl)NCCNc1cc(N2CCCC2)cnn1. The molecule has 2 aromatic rings. The third-order valence-electron chi connectivity index (χ3n) is 4.12. The second-order valence-electron chi connectivity index (χ2n) is 6.13. The van der Waals surface area contributed by atoms with E-state index in [1.54, 1.807) is 24.4 Å². The number of ether oxygens (including phenoxy) is 1. The first-order valence-electron chi connectivity index (χ1n) is 8.78. The van der Waals surface area contributed by atoms with Gasteiger partial charge in [0.1, 0.15) is 5.75 Å². The van der Waals surface area contributed by atoms with Crippen LogP contribution in [0.15, 0.2) is 30.5 Å². The number of benzene rings is 1. The lowest BCUT2D eigenvalue weighted by Crippen LogP contribution is -2.32. The van der Waals surface area contributed by atoms with Gasteiger partial charge in [0, 0.05) is 37.3 Å². The molecule has 144 valence electrons. The fraction of sp³-hybridized carbons (Fsp3) is 0.389. The predicted octanol–water partition coefficient (Wildman–Crippen LogP) is 2.99. The van der Waals surface area contributed by atoms with Crippen LogP contribution in [-0.4, -0.2) is 48.9 Å². The number of amides is 1. The van der Waals surface area contributed by atoms with E-state index in [9.17, 15) is 4.79 Å². The van der Waals surface area contributed by atoms with Crippen molar-refractivity contribution in [3.8, 4) is 5.75 Å². The molecule has 0 unspecified atom stereocenters. The predicted molar refractivity (Wildman–Crippen MR) is 107 cm³/mol. The van der Waals surface area contributed by atoms with Crippen molar-refractivity contribution in [3.05, 3.63) is 40.5 Å². The van der Waals surface area contributed by atoms with Gasteiger partial charge in [0.15, 0.2) is 12.4 Å². The summed E-state index contributed by atoms with van der Waals surface area (Å²) in [4.78, 5) is 14.2. The third-order valence-corrected chi connectivity index (χ3v) is 4.65. The number of hydrogen-bond donors (Lipinski definition) is 2. The highest BCUT2D eigenvalue weighted by Gasteiger charge is 2.13. The van der Waals surface area contributed by atoms with Crippen molar-refractivity contribution < 1.29 is 9.53 Å². The number of carbonyl (C=O) groups excluding carboxylic acids is 1. The topological polar surface area (TPSA) is 79.4 Å². The van der Waals surface area contributed by atoms with Gasteiger partial charge in [0.25, 0.3) is 5.91 Å². The van der Waals surface area contributed by atoms with E-state index >= 15 is 0 Å². The Morgan fingerprint density at radius 1 is 1.19 bits per heavy atom. The molecule has 1 fully saturated rings. The van der Waals surface area contributed by atoms with Crippen LogP contribution in [0.4, 0.5) is 11.5 Å². The molecule has 1 aliphatic rings. The molecule has 1 saturated heterocycles. The minimum Gasteiger partial charge on any atom is -0.482 e. The van der Waals surface area contributed by atoms with Gasteiger partial charge in [0.05, 0.1) is 16.9 Å². The molecule has 7 nitrogen and oxygen atoms in total. The van der Waals surface area contributed by atoms with E-state index in [0.717, 1.165) is 18.8 Å². The molecular formula is C18H21Cl2N5O2. The van der Waals surface area contributed by atoms with Crippen LogP contribution >= 0.6 is 23.2 Å². The van der Waals surface area contributed by atoms with E-state index in [0.29, 0.717) is 34.7 Å². The van der Waals surface area contributed by atoms with Gasteiger partial charge < -0.3 is 20.3 Å². The summed E-state index contributed by atoms with van der Waals surface area (Å²) in [6.45, 7) is 2.96. The zero-order chi connectivity index (χ0) is 19.1. The van der Waals surface area contributed by atoms with E-state index in [1.807, 2.05) is 6.07 Å². The molecule has 1 amide bonds. The van der Waals surface area contributed by atoms with Crippen molar-refractivity contribution in [1.29, 1.82) is 0 Å². The Hall–Kier alpha value is -2.25. The van der Waals surface area contributed by atoms with Crippen LogP contribution in [0.1, 0.15) is 12.8 Å². The molecule has 1 aromatic carbocycles. The molecule has 1 aliphatic heterocycles. The number of carbonyl (C=O) groups is 1. The maximum Gasteiger partial charge on any atom is 0.258 e. The first kappa shape index (κ1) is 19.5. The standard InChI is InChI=1S/C18H21Cl2N5O2/c19-13-3-4-16(15(20)9-13)27-12-18(26)22-6-5-21-17-10-14(11-23-24-17)25-7-1-2-8-25/h3-4,9-11H,1-2,5-8,12H2,(H,21,24)(H,22,26). The monoisotopic (exact) mass is 409 g/mol. The van der Waals surface area contributed by atoms with E-state index in [4.69, 9.17) is 27.9 Å². The Labute approximate surface area is 168 Å². The number of nitrogens with zero attached hydrogens (tertiary/aromatic N) is 3. The molecule has 0 aliphatic carbocycles. The summed E-state index contributed by atoms with van der Waals surface area (Å²) in [6, 6.07) is 6.83. The van der Waals surface area contributed by atoms with Crippen LogP contribution in [0, 0.1) is 0 Å². The largest absolute Gasteiger partial charge is 0.482 e. The van der Waals surface area contributed by atoms with Crippen LogP contribution in [-0.2, 0) is 4.79 Å². The molecule has 0 atom stereocenters. The van der Waals surface area contributed by atoms with Crippen molar-refractivity contribution in [3.63, 3.8) is 0 Å². The smallest absolute Gasteiger partial charge is 0.258 e. The second kappa shape index (κ2) is 9.62. The van der Waals surface area contributed by atoms with E-state index in [2.05, 4.69) is 25.7 Å². The summed E-state index contributed by atoms with van der Waals surface area (Å²) < 4.78 is 5.39. The lowest BCUT2D eigenvalue weighted by atomic mass is 10.3. The summed E-state index contributed by atoms with van der Waals surface area (Å²) in [5.74, 6) is 0.876. The number of halogens is 2. The van der Waals surface area contributed by atoms with Crippen molar-refractivity contribution in [2.45, 2.75) is 12.8 Å². The first-order chi connectivity index (χ1) is 13.1. The highest BCUT2D eigenvalue weighted by atomic mass is 35.5. The molecule has 1 aromatic heterocycles. The zero-order valence-corrected chi connectivity index (χ0v) is 16.3. The van der Waals surface area contributed by atoms with E-state index in [-0.39, 0.29) is 12.5 Å². The maximum absolute atomic E-state index is 11.9. The minimum absolute atomic E-state index is 0.119. The van der Waals surface area contributed by atoms with Gasteiger partial charge in [-0.25, -0.2) is 0 Å². The molecule has 0 saturated carbocycles. The van der Waals surface area contributed by atoms with Crippen LogP contribution in [0.5, 0.6) is 5.75 Å². The molecule has 0 bridgehead atoms. The normalized spacial score (nSPS) is 13.5. The van der Waals surface area contributed by atoms with Crippen molar-refractivity contribution in [1.82, 2.24) is 15.5 Å². The minimum atomic E-state index is -0.236.